The van der Waals surface area contributed by atoms with Gasteiger partial charge in [-0.25, -0.2) is 23.1 Å². The number of ether oxygens (including phenoxy) is 2. The van der Waals surface area contributed by atoms with Crippen molar-refractivity contribution in [2.45, 2.75) is 11.3 Å². The zero-order chi connectivity index (χ0) is 25.4. The zero-order valence-corrected chi connectivity index (χ0v) is 20.9. The fraction of sp³-hybridized carbons (Fsp3) is 0.292. The second kappa shape index (κ2) is 11.6. The minimum Gasteiger partial charge on any atom is -0.495 e. The van der Waals surface area contributed by atoms with Crippen molar-refractivity contribution in [3.05, 3.63) is 54.2 Å². The van der Waals surface area contributed by atoms with E-state index in [0.717, 1.165) is 12.1 Å². The molecular formula is C24H28N6O4S. The summed E-state index contributed by atoms with van der Waals surface area (Å²) < 4.78 is 38.6. The second-order valence-corrected chi connectivity index (χ2v) is 9.57. The Morgan fingerprint density at radius 1 is 1.06 bits per heavy atom. The van der Waals surface area contributed by atoms with Gasteiger partial charge in [-0.05, 0) is 63.5 Å². The van der Waals surface area contributed by atoms with E-state index in [1.165, 1.54) is 20.3 Å². The highest BCUT2D eigenvalue weighted by Gasteiger charge is 2.19. The number of nitrogens with zero attached hydrogens (tertiary/aromatic N) is 4. The number of nitrogens with one attached hydrogen (secondary N) is 2. The van der Waals surface area contributed by atoms with E-state index >= 15 is 0 Å². The smallest absolute Gasteiger partial charge is 0.244 e. The number of methoxy groups -OCH3 is 2. The van der Waals surface area contributed by atoms with Gasteiger partial charge in [0.2, 0.25) is 16.0 Å². The van der Waals surface area contributed by atoms with Gasteiger partial charge in [-0.15, -0.1) is 0 Å². The highest BCUT2D eigenvalue weighted by Crippen LogP contribution is 2.29. The van der Waals surface area contributed by atoms with Gasteiger partial charge in [0.05, 0.1) is 25.5 Å². The molecule has 2 aromatic carbocycles. The molecule has 10 nitrogen and oxygen atoms in total. The van der Waals surface area contributed by atoms with E-state index in [-0.39, 0.29) is 10.6 Å². The Morgan fingerprint density at radius 2 is 1.83 bits per heavy atom. The summed E-state index contributed by atoms with van der Waals surface area (Å²) in [5, 5.41) is 12.4. The van der Waals surface area contributed by atoms with Crippen LogP contribution in [-0.2, 0) is 10.0 Å². The molecule has 3 aromatic rings. The predicted molar refractivity (Wildman–Crippen MR) is 133 cm³/mol. The summed E-state index contributed by atoms with van der Waals surface area (Å²) >= 11 is 0. The maximum atomic E-state index is 12.7. The van der Waals surface area contributed by atoms with Crippen LogP contribution >= 0.6 is 0 Å². The Kier molecular flexibility index (Phi) is 8.59. The Balaban J connectivity index is 1.80. The molecule has 0 unspecified atom stereocenters. The summed E-state index contributed by atoms with van der Waals surface area (Å²) in [6, 6.07) is 13.7. The van der Waals surface area contributed by atoms with Crippen molar-refractivity contribution >= 4 is 21.7 Å². The van der Waals surface area contributed by atoms with E-state index in [9.17, 15) is 13.7 Å². The largest absolute Gasteiger partial charge is 0.495 e. The Hall–Kier alpha value is -3.72. The van der Waals surface area contributed by atoms with Crippen molar-refractivity contribution < 1.29 is 17.9 Å². The van der Waals surface area contributed by atoms with Crippen molar-refractivity contribution in [1.82, 2.24) is 19.6 Å². The van der Waals surface area contributed by atoms with Gasteiger partial charge in [0, 0.05) is 30.1 Å². The summed E-state index contributed by atoms with van der Waals surface area (Å²) in [7, 11) is 3.06. The zero-order valence-electron chi connectivity index (χ0n) is 20.1. The van der Waals surface area contributed by atoms with Gasteiger partial charge in [-0.3, -0.25) is 0 Å². The van der Waals surface area contributed by atoms with Crippen LogP contribution in [0.2, 0.25) is 0 Å². The molecule has 1 aromatic heterocycles. The molecule has 1 heterocycles. The third-order valence-corrected chi connectivity index (χ3v) is 6.56. The fourth-order valence-electron chi connectivity index (χ4n) is 3.31. The Bertz CT molecular complexity index is 1320. The van der Waals surface area contributed by atoms with Gasteiger partial charge in [-0.2, -0.15) is 5.26 Å². The second-order valence-electron chi connectivity index (χ2n) is 7.84. The highest BCUT2D eigenvalue weighted by atomic mass is 32.2. The van der Waals surface area contributed by atoms with E-state index in [1.807, 2.05) is 19.0 Å². The topological polar surface area (TPSA) is 129 Å². The molecule has 0 fully saturated rings. The first-order valence-corrected chi connectivity index (χ1v) is 12.3. The third kappa shape index (κ3) is 6.66. The van der Waals surface area contributed by atoms with Gasteiger partial charge >= 0.3 is 0 Å². The molecule has 35 heavy (non-hydrogen) atoms. The van der Waals surface area contributed by atoms with Gasteiger partial charge in [0.1, 0.15) is 22.5 Å². The van der Waals surface area contributed by atoms with Crippen molar-refractivity contribution in [3.8, 4) is 28.8 Å². The van der Waals surface area contributed by atoms with Crippen molar-refractivity contribution in [1.29, 1.82) is 5.26 Å². The van der Waals surface area contributed by atoms with Gasteiger partial charge in [0.25, 0.3) is 0 Å². The predicted octanol–water partition coefficient (Wildman–Crippen LogP) is 3.01. The fourth-order valence-corrected chi connectivity index (χ4v) is 4.53. The van der Waals surface area contributed by atoms with Crippen LogP contribution in [0.4, 0.5) is 11.6 Å². The molecule has 0 aliphatic rings. The molecule has 0 radical (unpaired) electrons. The lowest BCUT2D eigenvalue weighted by Crippen LogP contribution is -2.27. The number of anilines is 2. The molecule has 0 saturated heterocycles. The number of hydrogen-bond acceptors (Lipinski definition) is 9. The molecule has 3 rings (SSSR count). The molecule has 0 atom stereocenters. The highest BCUT2D eigenvalue weighted by molar-refractivity contribution is 7.89. The first-order chi connectivity index (χ1) is 16.8. The maximum Gasteiger partial charge on any atom is 0.244 e. The molecular weight excluding hydrogens is 468 g/mol. The van der Waals surface area contributed by atoms with E-state index in [4.69, 9.17) is 9.47 Å². The Morgan fingerprint density at radius 3 is 2.51 bits per heavy atom. The van der Waals surface area contributed by atoms with Crippen molar-refractivity contribution in [2.75, 3.05) is 46.7 Å². The Labute approximate surface area is 205 Å². The quantitative estimate of drug-likeness (QED) is 0.385. The van der Waals surface area contributed by atoms with Crippen LogP contribution < -0.4 is 19.5 Å². The van der Waals surface area contributed by atoms with Crippen LogP contribution in [0.1, 0.15) is 12.0 Å². The summed E-state index contributed by atoms with van der Waals surface area (Å²) in [6.45, 7) is 1.10. The molecule has 0 aliphatic carbocycles. The molecule has 2 N–H and O–H groups in total. The third-order valence-electron chi connectivity index (χ3n) is 5.05. The van der Waals surface area contributed by atoms with E-state index in [0.29, 0.717) is 41.6 Å². The molecule has 0 aliphatic heterocycles. The van der Waals surface area contributed by atoms with Crippen LogP contribution in [0.3, 0.4) is 0 Å². The lowest BCUT2D eigenvalue weighted by atomic mass is 10.1. The van der Waals surface area contributed by atoms with Crippen molar-refractivity contribution in [3.63, 3.8) is 0 Å². The average Bonchev–Trinajstić information content (AvgIpc) is 2.86. The van der Waals surface area contributed by atoms with Gasteiger partial charge in [-0.1, -0.05) is 0 Å². The van der Waals surface area contributed by atoms with Crippen molar-refractivity contribution in [2.24, 2.45) is 0 Å². The minimum atomic E-state index is -3.73. The van der Waals surface area contributed by atoms with E-state index < -0.39 is 10.0 Å². The van der Waals surface area contributed by atoms with Gasteiger partial charge < -0.3 is 19.7 Å². The SMILES string of the molecule is COc1ccc(-c2ccnc(Nc3ccc(S(=O)(=O)NCCCN(C)C)c(OC)c3)n2)cc1C#N. The van der Waals surface area contributed by atoms with Crippen LogP contribution in [0.25, 0.3) is 11.3 Å². The number of hydrogen-bond donors (Lipinski definition) is 2. The average molecular weight is 497 g/mol. The first-order valence-electron chi connectivity index (χ1n) is 10.8. The summed E-state index contributed by atoms with van der Waals surface area (Å²) in [6.07, 6.45) is 2.28. The number of aromatic nitrogens is 2. The molecule has 0 saturated carbocycles. The molecule has 0 amide bonds. The van der Waals surface area contributed by atoms with Gasteiger partial charge in [0.15, 0.2) is 0 Å². The number of sulfonamides is 1. The van der Waals surface area contributed by atoms with Crippen LogP contribution in [0.15, 0.2) is 53.6 Å². The summed E-state index contributed by atoms with van der Waals surface area (Å²) in [4.78, 5) is 10.8. The monoisotopic (exact) mass is 496 g/mol. The first kappa shape index (κ1) is 25.9. The normalized spacial score (nSPS) is 11.2. The molecule has 184 valence electrons. The lowest BCUT2D eigenvalue weighted by molar-refractivity contribution is 0.397. The molecule has 0 spiro atoms. The van der Waals surface area contributed by atoms with E-state index in [1.54, 1.807) is 42.6 Å². The number of rotatable bonds is 11. The van der Waals surface area contributed by atoms with Crippen LogP contribution in [0, 0.1) is 11.3 Å². The van der Waals surface area contributed by atoms with E-state index in [2.05, 4.69) is 26.1 Å². The molecule has 11 heteroatoms. The summed E-state index contributed by atoms with van der Waals surface area (Å²) in [5.74, 6) is 0.981. The molecule has 0 bridgehead atoms. The standard InChI is InChI=1S/C24H28N6O4S/c1-30(2)13-5-11-27-35(31,32)23-9-7-19(15-22(23)34-4)28-24-26-12-10-20(29-24)17-6-8-21(33-3)18(14-17)16-25/h6-10,12,14-15,27H,5,11,13H2,1-4H3,(H,26,28,29). The van der Waals surface area contributed by atoms with Crippen LogP contribution in [-0.4, -0.2) is 64.7 Å². The number of nitriles is 1. The lowest BCUT2D eigenvalue weighted by Gasteiger charge is -2.14. The summed E-state index contributed by atoms with van der Waals surface area (Å²) in [5.41, 5.74) is 2.29. The number of benzene rings is 2. The van der Waals surface area contributed by atoms with Crippen LogP contribution in [0.5, 0.6) is 11.5 Å². The maximum absolute atomic E-state index is 12.7. The minimum absolute atomic E-state index is 0.0485.